The van der Waals surface area contributed by atoms with Gasteiger partial charge in [-0.25, -0.2) is 5.43 Å². The van der Waals surface area contributed by atoms with Gasteiger partial charge in [-0.2, -0.15) is 14.9 Å². The third-order valence-electron chi connectivity index (χ3n) is 4.87. The number of carbonyl (C=O) groups is 1. The number of rotatable bonds is 8. The van der Waals surface area contributed by atoms with E-state index in [-0.39, 0.29) is 18.5 Å². The van der Waals surface area contributed by atoms with Crippen LogP contribution in [-0.4, -0.2) is 50.7 Å². The normalized spacial score (nSPS) is 12.5. The van der Waals surface area contributed by atoms with Crippen molar-refractivity contribution in [3.05, 3.63) is 83.1 Å². The second-order valence-electron chi connectivity index (χ2n) is 7.34. The van der Waals surface area contributed by atoms with E-state index < -0.39 is 0 Å². The van der Waals surface area contributed by atoms with Crippen molar-refractivity contribution in [2.75, 3.05) is 12.5 Å². The second kappa shape index (κ2) is 11.0. The molecule has 2 aromatic heterocycles. The molecule has 0 spiro atoms. The number of halogens is 1. The summed E-state index contributed by atoms with van der Waals surface area (Å²) in [6.07, 6.45) is 6.53. The van der Waals surface area contributed by atoms with Crippen molar-refractivity contribution in [1.82, 2.24) is 25.3 Å². The van der Waals surface area contributed by atoms with Crippen LogP contribution in [0.5, 0.6) is 11.5 Å². The Bertz CT molecular complexity index is 1430. The molecule has 12 heteroatoms. The Morgan fingerprint density at radius 1 is 1.03 bits per heavy atom. The SMILES string of the molecule is O=C(CSc1nnc(-c2ccncc2)n1/N=C/c1ccc(Cl)cc1)N/N=C/c1ccc2c(c1)OCO2. The minimum Gasteiger partial charge on any atom is -0.454 e. The second-order valence-corrected chi connectivity index (χ2v) is 8.72. The summed E-state index contributed by atoms with van der Waals surface area (Å²) in [7, 11) is 0. The Morgan fingerprint density at radius 2 is 1.81 bits per heavy atom. The van der Waals surface area contributed by atoms with E-state index in [0.717, 1.165) is 16.7 Å². The van der Waals surface area contributed by atoms with Gasteiger partial charge >= 0.3 is 0 Å². The molecule has 0 fully saturated rings. The Hall–Kier alpha value is -4.22. The first-order valence-corrected chi connectivity index (χ1v) is 12.0. The van der Waals surface area contributed by atoms with Crippen LogP contribution in [0.1, 0.15) is 11.1 Å². The van der Waals surface area contributed by atoms with Crippen LogP contribution >= 0.6 is 23.4 Å². The summed E-state index contributed by atoms with van der Waals surface area (Å²) in [5, 5.41) is 18.1. The van der Waals surface area contributed by atoms with E-state index in [0.29, 0.717) is 27.5 Å². The van der Waals surface area contributed by atoms with Crippen molar-refractivity contribution in [3.63, 3.8) is 0 Å². The molecule has 1 aliphatic rings. The topological polar surface area (TPSA) is 116 Å². The van der Waals surface area contributed by atoms with Gasteiger partial charge in [-0.1, -0.05) is 35.5 Å². The Morgan fingerprint density at radius 3 is 2.64 bits per heavy atom. The van der Waals surface area contributed by atoms with Gasteiger partial charge in [0.1, 0.15) is 0 Å². The summed E-state index contributed by atoms with van der Waals surface area (Å²) in [6, 6.07) is 16.3. The lowest BCUT2D eigenvalue weighted by Crippen LogP contribution is -2.19. The highest BCUT2D eigenvalue weighted by molar-refractivity contribution is 7.99. The number of thioether (sulfide) groups is 1. The molecular weight excluding hydrogens is 502 g/mol. The fourth-order valence-corrected chi connectivity index (χ4v) is 3.95. The predicted octanol–water partition coefficient (Wildman–Crippen LogP) is 3.85. The lowest BCUT2D eigenvalue weighted by molar-refractivity contribution is -0.118. The van der Waals surface area contributed by atoms with Crippen LogP contribution in [0.2, 0.25) is 5.02 Å². The van der Waals surface area contributed by atoms with Crippen molar-refractivity contribution >= 4 is 41.7 Å². The lowest BCUT2D eigenvalue weighted by Gasteiger charge is -2.04. The van der Waals surface area contributed by atoms with Crippen LogP contribution < -0.4 is 14.9 Å². The molecule has 0 radical (unpaired) electrons. The molecular formula is C24H18ClN7O3S. The van der Waals surface area contributed by atoms with Gasteiger partial charge in [0.2, 0.25) is 11.9 Å². The zero-order valence-corrected chi connectivity index (χ0v) is 20.2. The third kappa shape index (κ3) is 5.70. The van der Waals surface area contributed by atoms with Gasteiger partial charge in [0, 0.05) is 23.0 Å². The smallest absolute Gasteiger partial charge is 0.250 e. The summed E-state index contributed by atoms with van der Waals surface area (Å²) in [5.74, 6) is 1.60. The summed E-state index contributed by atoms with van der Waals surface area (Å²) in [6.45, 7) is 0.196. The van der Waals surface area contributed by atoms with Crippen LogP contribution in [0.15, 0.2) is 82.4 Å². The van der Waals surface area contributed by atoms with Gasteiger partial charge in [0.05, 0.1) is 18.2 Å². The maximum atomic E-state index is 12.4. The van der Waals surface area contributed by atoms with Crippen LogP contribution in [0.3, 0.4) is 0 Å². The van der Waals surface area contributed by atoms with Crippen molar-refractivity contribution in [3.8, 4) is 22.9 Å². The standard InChI is InChI=1S/C24H18ClN7O3S/c25-19-4-1-16(2-5-19)13-28-32-23(18-7-9-26-10-8-18)30-31-24(32)36-14-22(33)29-27-12-17-3-6-20-21(11-17)35-15-34-20/h1-13H,14-15H2,(H,29,33)/b27-12+,28-13+. The third-order valence-corrected chi connectivity index (χ3v) is 6.05. The average molecular weight is 520 g/mol. The summed E-state index contributed by atoms with van der Waals surface area (Å²) < 4.78 is 12.2. The monoisotopic (exact) mass is 519 g/mol. The van der Waals surface area contributed by atoms with Crippen LogP contribution in [-0.2, 0) is 4.79 Å². The zero-order chi connectivity index (χ0) is 24.7. The maximum Gasteiger partial charge on any atom is 0.250 e. The molecule has 0 atom stereocenters. The molecule has 0 aliphatic carbocycles. The molecule has 1 N–H and O–H groups in total. The number of pyridine rings is 1. The van der Waals surface area contributed by atoms with Crippen molar-refractivity contribution in [1.29, 1.82) is 0 Å². The summed E-state index contributed by atoms with van der Waals surface area (Å²) >= 11 is 7.16. The molecule has 5 rings (SSSR count). The first kappa shape index (κ1) is 23.5. The minimum absolute atomic E-state index is 0.0590. The average Bonchev–Trinajstić information content (AvgIpc) is 3.54. The van der Waals surface area contributed by atoms with E-state index in [1.54, 1.807) is 47.5 Å². The quantitative estimate of drug-likeness (QED) is 0.213. The molecule has 0 unspecified atom stereocenters. The van der Waals surface area contributed by atoms with Crippen LogP contribution in [0, 0.1) is 0 Å². The van der Waals surface area contributed by atoms with E-state index in [1.807, 2.05) is 30.3 Å². The maximum absolute atomic E-state index is 12.4. The number of aromatic nitrogens is 4. The van der Waals surface area contributed by atoms with E-state index >= 15 is 0 Å². The molecule has 2 aromatic carbocycles. The largest absolute Gasteiger partial charge is 0.454 e. The van der Waals surface area contributed by atoms with Gasteiger partial charge in [0.15, 0.2) is 17.3 Å². The number of hydrogen-bond acceptors (Lipinski definition) is 9. The molecule has 0 saturated carbocycles. The van der Waals surface area contributed by atoms with Gasteiger partial charge in [-0.15, -0.1) is 10.2 Å². The molecule has 10 nitrogen and oxygen atoms in total. The van der Waals surface area contributed by atoms with E-state index in [9.17, 15) is 4.79 Å². The zero-order valence-electron chi connectivity index (χ0n) is 18.6. The van der Waals surface area contributed by atoms with E-state index in [2.05, 4.69) is 30.8 Å². The molecule has 3 heterocycles. The highest BCUT2D eigenvalue weighted by Crippen LogP contribution is 2.32. The number of carbonyl (C=O) groups excluding carboxylic acids is 1. The first-order valence-electron chi connectivity index (χ1n) is 10.7. The molecule has 0 saturated heterocycles. The van der Waals surface area contributed by atoms with Gasteiger partial charge < -0.3 is 9.47 Å². The number of ether oxygens (including phenoxy) is 2. The number of benzene rings is 2. The van der Waals surface area contributed by atoms with Gasteiger partial charge in [-0.3, -0.25) is 9.78 Å². The summed E-state index contributed by atoms with van der Waals surface area (Å²) in [4.78, 5) is 16.4. The van der Waals surface area contributed by atoms with Crippen LogP contribution in [0.4, 0.5) is 0 Å². The Balaban J connectivity index is 1.27. The molecule has 4 aromatic rings. The van der Waals surface area contributed by atoms with Crippen molar-refractivity contribution < 1.29 is 14.3 Å². The molecule has 1 aliphatic heterocycles. The van der Waals surface area contributed by atoms with Crippen LogP contribution in [0.25, 0.3) is 11.4 Å². The van der Waals surface area contributed by atoms with Gasteiger partial charge in [-0.05, 0) is 53.6 Å². The lowest BCUT2D eigenvalue weighted by atomic mass is 10.2. The fraction of sp³-hybridized carbons (Fsp3) is 0.0833. The predicted molar refractivity (Wildman–Crippen MR) is 137 cm³/mol. The summed E-state index contributed by atoms with van der Waals surface area (Å²) in [5.41, 5.74) is 4.92. The fourth-order valence-electron chi connectivity index (χ4n) is 3.15. The number of hydrazone groups is 1. The molecule has 0 bridgehead atoms. The Labute approximate surface area is 215 Å². The van der Waals surface area contributed by atoms with Crippen molar-refractivity contribution in [2.45, 2.75) is 5.16 Å². The minimum atomic E-state index is -0.307. The Kier molecular flexibility index (Phi) is 7.20. The van der Waals surface area contributed by atoms with Crippen molar-refractivity contribution in [2.24, 2.45) is 10.2 Å². The molecule has 180 valence electrons. The van der Waals surface area contributed by atoms with Gasteiger partial charge in [0.25, 0.3) is 5.91 Å². The highest BCUT2D eigenvalue weighted by atomic mass is 35.5. The first-order chi connectivity index (χ1) is 17.7. The number of nitrogens with zero attached hydrogens (tertiary/aromatic N) is 6. The van der Waals surface area contributed by atoms with E-state index in [1.165, 1.54) is 18.0 Å². The highest BCUT2D eigenvalue weighted by Gasteiger charge is 2.16. The molecule has 1 amide bonds. The number of nitrogens with one attached hydrogen (secondary N) is 1. The van der Waals surface area contributed by atoms with E-state index in [4.69, 9.17) is 21.1 Å². The number of fused-ring (bicyclic) bond motifs is 1. The molecule has 36 heavy (non-hydrogen) atoms. The number of hydrogen-bond donors (Lipinski definition) is 1. The number of amides is 1.